The molecule has 2 aromatic heterocycles. The average molecular weight is 224 g/mol. The number of hydrogen-bond acceptors (Lipinski definition) is 3. The molecule has 0 saturated heterocycles. The Balaban J connectivity index is 2.00. The summed E-state index contributed by atoms with van der Waals surface area (Å²) in [6.45, 7) is 0. The molecule has 0 bridgehead atoms. The van der Waals surface area contributed by atoms with E-state index in [4.69, 9.17) is 5.73 Å². The molecule has 4 heteroatoms. The zero-order chi connectivity index (χ0) is 11.7. The number of nitrogen functional groups attached to an aromatic ring is 1. The Kier molecular flexibility index (Phi) is 2.19. The maximum atomic E-state index is 5.73. The Labute approximate surface area is 98.7 Å². The zero-order valence-corrected chi connectivity index (χ0v) is 9.17. The lowest BCUT2D eigenvalue weighted by atomic mass is 10.3. The summed E-state index contributed by atoms with van der Waals surface area (Å²) in [7, 11) is 0. The molecule has 0 fully saturated rings. The topological polar surface area (TPSA) is 55.3 Å². The van der Waals surface area contributed by atoms with Gasteiger partial charge in [-0.15, -0.1) is 0 Å². The first-order valence-electron chi connectivity index (χ1n) is 5.37. The predicted molar refractivity (Wildman–Crippen MR) is 69.3 cm³/mol. The fourth-order valence-electron chi connectivity index (χ4n) is 1.78. The summed E-state index contributed by atoms with van der Waals surface area (Å²) in [5.74, 6) is 0.784. The van der Waals surface area contributed by atoms with Crippen LogP contribution in [0.3, 0.4) is 0 Å². The summed E-state index contributed by atoms with van der Waals surface area (Å²) in [5.41, 5.74) is 8.45. The van der Waals surface area contributed by atoms with E-state index in [1.807, 2.05) is 59.3 Å². The summed E-state index contributed by atoms with van der Waals surface area (Å²) in [5, 5.41) is 3.24. The van der Waals surface area contributed by atoms with Crippen LogP contribution in [0.15, 0.2) is 54.9 Å². The van der Waals surface area contributed by atoms with Gasteiger partial charge in [0, 0.05) is 17.6 Å². The van der Waals surface area contributed by atoms with Crippen molar-refractivity contribution >= 4 is 22.8 Å². The molecule has 0 aliphatic heterocycles. The van der Waals surface area contributed by atoms with Gasteiger partial charge in [-0.05, 0) is 30.3 Å². The van der Waals surface area contributed by atoms with E-state index in [9.17, 15) is 0 Å². The monoisotopic (exact) mass is 224 g/mol. The van der Waals surface area contributed by atoms with Gasteiger partial charge in [-0.1, -0.05) is 12.1 Å². The van der Waals surface area contributed by atoms with E-state index < -0.39 is 0 Å². The number of nitrogens with one attached hydrogen (secondary N) is 1. The molecule has 3 N–H and O–H groups in total. The quantitative estimate of drug-likeness (QED) is 0.658. The fourth-order valence-corrected chi connectivity index (χ4v) is 1.78. The zero-order valence-electron chi connectivity index (χ0n) is 9.17. The Bertz CT molecular complexity index is 657. The number of anilines is 3. The molecule has 3 rings (SSSR count). The van der Waals surface area contributed by atoms with Crippen molar-refractivity contribution in [3.8, 4) is 0 Å². The van der Waals surface area contributed by atoms with Gasteiger partial charge in [0.05, 0.1) is 11.7 Å². The molecule has 0 radical (unpaired) electrons. The summed E-state index contributed by atoms with van der Waals surface area (Å²) in [6, 6.07) is 13.6. The molecule has 3 aromatic rings. The molecule has 0 aliphatic carbocycles. The van der Waals surface area contributed by atoms with Crippen LogP contribution in [-0.2, 0) is 0 Å². The highest BCUT2D eigenvalue weighted by molar-refractivity contribution is 5.62. The van der Waals surface area contributed by atoms with Gasteiger partial charge in [-0.25, -0.2) is 4.98 Å². The molecule has 0 atom stereocenters. The molecular weight excluding hydrogens is 212 g/mol. The summed E-state index contributed by atoms with van der Waals surface area (Å²) in [6.07, 6.45) is 3.80. The number of fused-ring (bicyclic) bond motifs is 1. The number of pyridine rings is 1. The first-order valence-corrected chi connectivity index (χ1v) is 5.37. The second kappa shape index (κ2) is 3.83. The van der Waals surface area contributed by atoms with Crippen LogP contribution in [0.5, 0.6) is 0 Å². The standard InChI is InChI=1S/C13H12N4/c14-10-4-3-5-11(8-10)16-13-15-9-12-6-1-2-7-17(12)13/h1-9H,14H2,(H,15,16). The minimum absolute atomic E-state index is 0.732. The molecule has 0 saturated carbocycles. The minimum Gasteiger partial charge on any atom is -0.399 e. The third-order valence-corrected chi connectivity index (χ3v) is 2.58. The van der Waals surface area contributed by atoms with E-state index in [0.717, 1.165) is 22.8 Å². The molecular formula is C13H12N4. The summed E-state index contributed by atoms with van der Waals surface area (Å²) < 4.78 is 1.99. The van der Waals surface area contributed by atoms with E-state index in [1.165, 1.54) is 0 Å². The second-order valence-electron chi connectivity index (χ2n) is 3.83. The molecule has 1 aromatic carbocycles. The van der Waals surface area contributed by atoms with Crippen LogP contribution in [0.4, 0.5) is 17.3 Å². The van der Waals surface area contributed by atoms with Gasteiger partial charge in [-0.2, -0.15) is 0 Å². The maximum Gasteiger partial charge on any atom is 0.212 e. The van der Waals surface area contributed by atoms with Gasteiger partial charge in [0.2, 0.25) is 5.95 Å². The Morgan fingerprint density at radius 2 is 2.06 bits per heavy atom. The van der Waals surface area contributed by atoms with Crippen LogP contribution in [-0.4, -0.2) is 9.38 Å². The highest BCUT2D eigenvalue weighted by Gasteiger charge is 2.02. The predicted octanol–water partition coefficient (Wildman–Crippen LogP) is 2.66. The SMILES string of the molecule is Nc1cccc(Nc2ncc3ccccn23)c1. The van der Waals surface area contributed by atoms with Crippen molar-refractivity contribution in [1.82, 2.24) is 9.38 Å². The lowest BCUT2D eigenvalue weighted by Gasteiger charge is -2.05. The van der Waals surface area contributed by atoms with Crippen LogP contribution in [0.25, 0.3) is 5.52 Å². The molecule has 0 spiro atoms. The van der Waals surface area contributed by atoms with Gasteiger partial charge in [-0.3, -0.25) is 4.40 Å². The van der Waals surface area contributed by atoms with E-state index in [2.05, 4.69) is 10.3 Å². The largest absolute Gasteiger partial charge is 0.399 e. The first-order chi connectivity index (χ1) is 8.33. The van der Waals surface area contributed by atoms with Crippen molar-refractivity contribution < 1.29 is 0 Å². The molecule has 2 heterocycles. The summed E-state index contributed by atoms with van der Waals surface area (Å²) >= 11 is 0. The highest BCUT2D eigenvalue weighted by Crippen LogP contribution is 2.18. The molecule has 0 amide bonds. The minimum atomic E-state index is 0.732. The number of benzene rings is 1. The third kappa shape index (κ3) is 1.80. The number of rotatable bonds is 2. The van der Waals surface area contributed by atoms with Crippen molar-refractivity contribution in [2.24, 2.45) is 0 Å². The Hall–Kier alpha value is -2.49. The van der Waals surface area contributed by atoms with Gasteiger partial charge < -0.3 is 11.1 Å². The van der Waals surface area contributed by atoms with Crippen LogP contribution in [0.1, 0.15) is 0 Å². The van der Waals surface area contributed by atoms with Gasteiger partial charge in [0.1, 0.15) is 0 Å². The van der Waals surface area contributed by atoms with Crippen LogP contribution >= 0.6 is 0 Å². The molecule has 0 unspecified atom stereocenters. The van der Waals surface area contributed by atoms with Gasteiger partial charge >= 0.3 is 0 Å². The van der Waals surface area contributed by atoms with E-state index in [1.54, 1.807) is 0 Å². The fraction of sp³-hybridized carbons (Fsp3) is 0. The van der Waals surface area contributed by atoms with Crippen molar-refractivity contribution in [2.45, 2.75) is 0 Å². The van der Waals surface area contributed by atoms with Crippen molar-refractivity contribution in [3.63, 3.8) is 0 Å². The number of nitrogens with zero attached hydrogens (tertiary/aromatic N) is 2. The van der Waals surface area contributed by atoms with E-state index in [0.29, 0.717) is 0 Å². The second-order valence-corrected chi connectivity index (χ2v) is 3.83. The van der Waals surface area contributed by atoms with Crippen LogP contribution in [0.2, 0.25) is 0 Å². The number of aromatic nitrogens is 2. The third-order valence-electron chi connectivity index (χ3n) is 2.58. The Morgan fingerprint density at radius 3 is 2.94 bits per heavy atom. The normalized spacial score (nSPS) is 10.6. The van der Waals surface area contributed by atoms with Gasteiger partial charge in [0.25, 0.3) is 0 Å². The Morgan fingerprint density at radius 1 is 1.12 bits per heavy atom. The smallest absolute Gasteiger partial charge is 0.212 e. The number of hydrogen-bond donors (Lipinski definition) is 2. The molecule has 84 valence electrons. The molecule has 17 heavy (non-hydrogen) atoms. The van der Waals surface area contributed by atoms with Crippen molar-refractivity contribution in [3.05, 3.63) is 54.9 Å². The first kappa shape index (κ1) is 9.72. The number of nitrogens with two attached hydrogens (primary N) is 1. The summed E-state index contributed by atoms with van der Waals surface area (Å²) in [4.78, 5) is 4.33. The maximum absolute atomic E-state index is 5.73. The highest BCUT2D eigenvalue weighted by atomic mass is 15.2. The van der Waals surface area contributed by atoms with E-state index >= 15 is 0 Å². The molecule has 0 aliphatic rings. The lowest BCUT2D eigenvalue weighted by molar-refractivity contribution is 1.15. The number of imidazole rings is 1. The van der Waals surface area contributed by atoms with Crippen molar-refractivity contribution in [1.29, 1.82) is 0 Å². The van der Waals surface area contributed by atoms with Crippen LogP contribution in [0, 0.1) is 0 Å². The van der Waals surface area contributed by atoms with Crippen molar-refractivity contribution in [2.75, 3.05) is 11.1 Å². The van der Waals surface area contributed by atoms with Gasteiger partial charge in [0.15, 0.2) is 0 Å². The molecule has 4 nitrogen and oxygen atoms in total. The van der Waals surface area contributed by atoms with Crippen LogP contribution < -0.4 is 11.1 Å². The lowest BCUT2D eigenvalue weighted by Crippen LogP contribution is -1.97. The average Bonchev–Trinajstić information content (AvgIpc) is 2.73. The van der Waals surface area contributed by atoms with E-state index in [-0.39, 0.29) is 0 Å².